The number of hydrogen-bond donors (Lipinski definition) is 2. The zero-order chi connectivity index (χ0) is 12.8. The lowest BCUT2D eigenvalue weighted by Gasteiger charge is -2.30. The van der Waals surface area contributed by atoms with Crippen molar-refractivity contribution >= 4 is 0 Å². The van der Waals surface area contributed by atoms with E-state index in [4.69, 9.17) is 5.73 Å². The first-order valence-corrected chi connectivity index (χ1v) is 6.47. The Bertz CT molecular complexity index is 455. The van der Waals surface area contributed by atoms with Crippen molar-refractivity contribution in [2.45, 2.75) is 58.9 Å². The van der Waals surface area contributed by atoms with E-state index < -0.39 is 5.54 Å². The molecule has 17 heavy (non-hydrogen) atoms. The van der Waals surface area contributed by atoms with Gasteiger partial charge >= 0.3 is 0 Å². The van der Waals surface area contributed by atoms with Crippen LogP contribution in [0.25, 0.3) is 0 Å². The Morgan fingerprint density at radius 3 is 1.94 bits per heavy atom. The van der Waals surface area contributed by atoms with Gasteiger partial charge in [-0.25, -0.2) is 0 Å². The quantitative estimate of drug-likeness (QED) is 0.783. The predicted octanol–water partition coefficient (Wildman–Crippen LogP) is 3.08. The highest BCUT2D eigenvalue weighted by molar-refractivity contribution is 5.57. The Kier molecular flexibility index (Phi) is 2.94. The van der Waals surface area contributed by atoms with E-state index in [1.165, 1.54) is 29.5 Å². The Balaban J connectivity index is 2.75. The van der Waals surface area contributed by atoms with Crippen molar-refractivity contribution in [1.82, 2.24) is 0 Å². The molecular weight excluding hydrogens is 210 g/mol. The van der Waals surface area contributed by atoms with Crippen LogP contribution in [-0.2, 0) is 18.4 Å². The molecule has 0 fully saturated rings. The second-order valence-corrected chi connectivity index (χ2v) is 5.86. The van der Waals surface area contributed by atoms with E-state index in [9.17, 15) is 5.11 Å². The standard InChI is InChI=1S/C15H23NO/c1-9-11-7-5-6-8-12(11)10(2)14(17)13(9)15(3,4)16/h17H,5-8,16H2,1-4H3. The van der Waals surface area contributed by atoms with Gasteiger partial charge in [-0.3, -0.25) is 0 Å². The fraction of sp³-hybridized carbons (Fsp3) is 0.600. The lowest BCUT2D eigenvalue weighted by Crippen LogP contribution is -2.31. The van der Waals surface area contributed by atoms with Gasteiger partial charge in [-0.15, -0.1) is 0 Å². The Hall–Kier alpha value is -1.02. The van der Waals surface area contributed by atoms with E-state index in [2.05, 4.69) is 6.92 Å². The van der Waals surface area contributed by atoms with Crippen molar-refractivity contribution in [1.29, 1.82) is 0 Å². The van der Waals surface area contributed by atoms with E-state index in [1.54, 1.807) is 0 Å². The summed E-state index contributed by atoms with van der Waals surface area (Å²) in [4.78, 5) is 0. The molecule has 3 N–H and O–H groups in total. The topological polar surface area (TPSA) is 46.2 Å². The molecule has 2 rings (SSSR count). The summed E-state index contributed by atoms with van der Waals surface area (Å²) in [5.41, 5.74) is 11.7. The smallest absolute Gasteiger partial charge is 0.124 e. The molecule has 94 valence electrons. The van der Waals surface area contributed by atoms with Gasteiger partial charge in [0.2, 0.25) is 0 Å². The third kappa shape index (κ3) is 1.95. The van der Waals surface area contributed by atoms with E-state index in [-0.39, 0.29) is 0 Å². The molecule has 0 saturated carbocycles. The van der Waals surface area contributed by atoms with Gasteiger partial charge in [-0.05, 0) is 75.6 Å². The molecule has 0 radical (unpaired) electrons. The van der Waals surface area contributed by atoms with Crippen LogP contribution in [-0.4, -0.2) is 5.11 Å². The number of phenols is 1. The molecule has 2 nitrogen and oxygen atoms in total. The van der Waals surface area contributed by atoms with Crippen LogP contribution in [0.2, 0.25) is 0 Å². The third-order valence-corrected chi connectivity index (χ3v) is 3.98. The summed E-state index contributed by atoms with van der Waals surface area (Å²) in [6, 6.07) is 0. The molecule has 0 amide bonds. The Morgan fingerprint density at radius 2 is 1.47 bits per heavy atom. The molecule has 0 atom stereocenters. The maximum absolute atomic E-state index is 10.4. The Morgan fingerprint density at radius 1 is 1.00 bits per heavy atom. The highest BCUT2D eigenvalue weighted by Gasteiger charge is 2.27. The van der Waals surface area contributed by atoms with Crippen LogP contribution in [0.4, 0.5) is 0 Å². The summed E-state index contributed by atoms with van der Waals surface area (Å²) < 4.78 is 0. The number of nitrogens with two attached hydrogens (primary N) is 1. The lowest BCUT2D eigenvalue weighted by molar-refractivity contribution is 0.432. The number of benzene rings is 1. The van der Waals surface area contributed by atoms with E-state index in [1.807, 2.05) is 20.8 Å². The molecule has 1 aliphatic rings. The second-order valence-electron chi connectivity index (χ2n) is 5.86. The molecule has 0 aromatic heterocycles. The van der Waals surface area contributed by atoms with Gasteiger partial charge in [0.25, 0.3) is 0 Å². The summed E-state index contributed by atoms with van der Waals surface area (Å²) in [6.45, 7) is 8.05. The predicted molar refractivity (Wildman–Crippen MR) is 71.4 cm³/mol. The van der Waals surface area contributed by atoms with Crippen molar-refractivity contribution in [2.24, 2.45) is 5.73 Å². The number of hydrogen-bond acceptors (Lipinski definition) is 2. The highest BCUT2D eigenvalue weighted by Crippen LogP contribution is 2.40. The van der Waals surface area contributed by atoms with Crippen LogP contribution in [0, 0.1) is 13.8 Å². The molecule has 0 saturated heterocycles. The van der Waals surface area contributed by atoms with Crippen molar-refractivity contribution < 1.29 is 5.11 Å². The molecular formula is C15H23NO. The molecule has 1 aromatic rings. The molecule has 0 spiro atoms. The van der Waals surface area contributed by atoms with Crippen LogP contribution in [0.5, 0.6) is 5.75 Å². The first-order chi connectivity index (χ1) is 7.84. The van der Waals surface area contributed by atoms with Crippen LogP contribution in [0.1, 0.15) is 54.5 Å². The molecule has 0 unspecified atom stereocenters. The number of rotatable bonds is 1. The molecule has 0 bridgehead atoms. The molecule has 2 heteroatoms. The van der Waals surface area contributed by atoms with Crippen LogP contribution in [0.15, 0.2) is 0 Å². The van der Waals surface area contributed by atoms with Crippen LogP contribution in [0.3, 0.4) is 0 Å². The Labute approximate surface area is 104 Å². The average Bonchev–Trinajstić information content (AvgIpc) is 2.24. The summed E-state index contributed by atoms with van der Waals surface area (Å²) in [6.07, 6.45) is 4.72. The van der Waals surface area contributed by atoms with Gasteiger partial charge in [-0.1, -0.05) is 0 Å². The minimum absolute atomic E-state index is 0.413. The maximum Gasteiger partial charge on any atom is 0.124 e. The first kappa shape index (κ1) is 12.4. The summed E-state index contributed by atoms with van der Waals surface area (Å²) in [5, 5.41) is 10.4. The van der Waals surface area contributed by atoms with Crippen molar-refractivity contribution in [2.75, 3.05) is 0 Å². The molecule has 0 aliphatic heterocycles. The molecule has 1 aliphatic carbocycles. The third-order valence-electron chi connectivity index (χ3n) is 3.98. The SMILES string of the molecule is Cc1c(O)c(C(C)(C)N)c(C)c2c1CCCC2. The van der Waals surface area contributed by atoms with E-state index in [0.717, 1.165) is 24.0 Å². The molecule has 1 aromatic carbocycles. The largest absolute Gasteiger partial charge is 0.507 e. The maximum atomic E-state index is 10.4. The number of phenolic OH excluding ortho intramolecular Hbond substituents is 1. The summed E-state index contributed by atoms with van der Waals surface area (Å²) in [5.74, 6) is 0.413. The van der Waals surface area contributed by atoms with Gasteiger partial charge in [-0.2, -0.15) is 0 Å². The number of aromatic hydroxyl groups is 1. The zero-order valence-electron chi connectivity index (χ0n) is 11.4. The van der Waals surface area contributed by atoms with Crippen LogP contribution >= 0.6 is 0 Å². The summed E-state index contributed by atoms with van der Waals surface area (Å²) in [7, 11) is 0. The minimum Gasteiger partial charge on any atom is -0.507 e. The van der Waals surface area contributed by atoms with Crippen LogP contribution < -0.4 is 5.73 Å². The fourth-order valence-corrected chi connectivity index (χ4v) is 3.18. The number of fused-ring (bicyclic) bond motifs is 1. The van der Waals surface area contributed by atoms with Gasteiger partial charge in [0.15, 0.2) is 0 Å². The minimum atomic E-state index is -0.481. The fourth-order valence-electron chi connectivity index (χ4n) is 3.18. The van der Waals surface area contributed by atoms with E-state index in [0.29, 0.717) is 5.75 Å². The first-order valence-electron chi connectivity index (χ1n) is 6.47. The monoisotopic (exact) mass is 233 g/mol. The van der Waals surface area contributed by atoms with Gasteiger partial charge in [0.05, 0.1) is 0 Å². The van der Waals surface area contributed by atoms with Gasteiger partial charge in [0, 0.05) is 11.1 Å². The molecule has 0 heterocycles. The lowest BCUT2D eigenvalue weighted by atomic mass is 9.79. The highest BCUT2D eigenvalue weighted by atomic mass is 16.3. The normalized spacial score (nSPS) is 15.8. The van der Waals surface area contributed by atoms with Crippen molar-refractivity contribution in [3.63, 3.8) is 0 Å². The van der Waals surface area contributed by atoms with E-state index >= 15 is 0 Å². The van der Waals surface area contributed by atoms with Gasteiger partial charge in [0.1, 0.15) is 5.75 Å². The second kappa shape index (κ2) is 4.02. The van der Waals surface area contributed by atoms with Crippen molar-refractivity contribution in [3.05, 3.63) is 27.8 Å². The zero-order valence-corrected chi connectivity index (χ0v) is 11.4. The van der Waals surface area contributed by atoms with Gasteiger partial charge < -0.3 is 10.8 Å². The summed E-state index contributed by atoms with van der Waals surface area (Å²) >= 11 is 0. The average molecular weight is 233 g/mol. The van der Waals surface area contributed by atoms with Crippen molar-refractivity contribution in [3.8, 4) is 5.75 Å².